The van der Waals surface area contributed by atoms with Crippen LogP contribution in [0.2, 0.25) is 0 Å². The number of piperidine rings is 1. The van der Waals surface area contributed by atoms with Crippen molar-refractivity contribution in [2.24, 2.45) is 5.41 Å². The monoisotopic (exact) mass is 369 g/mol. The van der Waals surface area contributed by atoms with E-state index in [0.717, 1.165) is 51.6 Å². The lowest BCUT2D eigenvalue weighted by Crippen LogP contribution is -2.49. The number of nitrogens with zero attached hydrogens (tertiary/aromatic N) is 1. The molecule has 0 unspecified atom stereocenters. The summed E-state index contributed by atoms with van der Waals surface area (Å²) in [4.78, 5) is 26.0. The van der Waals surface area contributed by atoms with Gasteiger partial charge < -0.3 is 19.1 Å². The van der Waals surface area contributed by atoms with Gasteiger partial charge in [0.25, 0.3) is 0 Å². The number of likely N-dealkylation sites (tertiary alicyclic amines) is 1. The average Bonchev–Trinajstić information content (AvgIpc) is 2.57. The SMILES string of the molecule is CCOC(=O)CC1(OC)CCC2(CCN(C(=O)OC(C)(C)C)CC2)CC1. The van der Waals surface area contributed by atoms with Crippen LogP contribution in [0.15, 0.2) is 0 Å². The third-order valence-electron chi connectivity index (χ3n) is 5.90. The lowest BCUT2D eigenvalue weighted by molar-refractivity contribution is -0.154. The van der Waals surface area contributed by atoms with E-state index in [2.05, 4.69) is 0 Å². The maximum absolute atomic E-state index is 12.2. The fourth-order valence-corrected chi connectivity index (χ4v) is 4.15. The first-order valence-corrected chi connectivity index (χ1v) is 9.81. The fraction of sp³-hybridized carbons (Fsp3) is 0.900. The van der Waals surface area contributed by atoms with Crippen molar-refractivity contribution in [3.63, 3.8) is 0 Å². The summed E-state index contributed by atoms with van der Waals surface area (Å²) < 4.78 is 16.4. The number of amides is 1. The highest BCUT2D eigenvalue weighted by atomic mass is 16.6. The lowest BCUT2D eigenvalue weighted by atomic mass is 9.63. The van der Waals surface area contributed by atoms with Crippen LogP contribution in [-0.4, -0.2) is 55.0 Å². The minimum absolute atomic E-state index is 0.176. The molecule has 2 aliphatic rings. The largest absolute Gasteiger partial charge is 0.466 e. The normalized spacial score (nSPS) is 22.1. The molecule has 0 aromatic carbocycles. The van der Waals surface area contributed by atoms with E-state index in [1.807, 2.05) is 32.6 Å². The molecule has 1 saturated heterocycles. The van der Waals surface area contributed by atoms with Gasteiger partial charge in [0.1, 0.15) is 5.60 Å². The second-order valence-corrected chi connectivity index (χ2v) is 8.84. The van der Waals surface area contributed by atoms with E-state index in [1.54, 1.807) is 7.11 Å². The van der Waals surface area contributed by atoms with Crippen molar-refractivity contribution in [2.75, 3.05) is 26.8 Å². The van der Waals surface area contributed by atoms with Crippen molar-refractivity contribution in [1.29, 1.82) is 0 Å². The molecule has 0 bridgehead atoms. The third-order valence-corrected chi connectivity index (χ3v) is 5.90. The summed E-state index contributed by atoms with van der Waals surface area (Å²) in [6.45, 7) is 9.40. The van der Waals surface area contributed by atoms with Gasteiger partial charge in [0.2, 0.25) is 0 Å². The van der Waals surface area contributed by atoms with Crippen LogP contribution < -0.4 is 0 Å². The molecule has 6 nitrogen and oxygen atoms in total. The summed E-state index contributed by atoms with van der Waals surface area (Å²) >= 11 is 0. The number of hydrogen-bond acceptors (Lipinski definition) is 5. The Morgan fingerprint density at radius 3 is 2.04 bits per heavy atom. The van der Waals surface area contributed by atoms with Gasteiger partial charge in [-0.2, -0.15) is 0 Å². The van der Waals surface area contributed by atoms with Crippen LogP contribution in [-0.2, 0) is 19.0 Å². The quantitative estimate of drug-likeness (QED) is 0.703. The summed E-state index contributed by atoms with van der Waals surface area (Å²) in [5.41, 5.74) is -0.586. The van der Waals surface area contributed by atoms with Gasteiger partial charge in [0, 0.05) is 20.2 Å². The first-order chi connectivity index (χ1) is 12.1. The van der Waals surface area contributed by atoms with E-state index < -0.39 is 5.60 Å². The van der Waals surface area contributed by atoms with Crippen molar-refractivity contribution in [1.82, 2.24) is 4.90 Å². The molecular formula is C20H35NO5. The molecule has 150 valence electrons. The Bertz CT molecular complexity index is 493. The molecule has 1 heterocycles. The van der Waals surface area contributed by atoms with E-state index in [9.17, 15) is 9.59 Å². The van der Waals surface area contributed by atoms with E-state index in [0.29, 0.717) is 13.0 Å². The molecule has 6 heteroatoms. The van der Waals surface area contributed by atoms with E-state index >= 15 is 0 Å². The lowest BCUT2D eigenvalue weighted by Gasteiger charge is -2.49. The summed E-state index contributed by atoms with van der Waals surface area (Å²) in [5.74, 6) is -0.176. The van der Waals surface area contributed by atoms with Gasteiger partial charge in [-0.15, -0.1) is 0 Å². The number of carbonyl (C=O) groups is 2. The number of hydrogen-bond donors (Lipinski definition) is 0. The minimum Gasteiger partial charge on any atom is -0.466 e. The molecule has 0 aromatic heterocycles. The van der Waals surface area contributed by atoms with Gasteiger partial charge in [-0.25, -0.2) is 4.79 Å². The van der Waals surface area contributed by atoms with Crippen molar-refractivity contribution >= 4 is 12.1 Å². The molecular weight excluding hydrogens is 334 g/mol. The van der Waals surface area contributed by atoms with Crippen LogP contribution >= 0.6 is 0 Å². The van der Waals surface area contributed by atoms with Gasteiger partial charge in [-0.05, 0) is 71.6 Å². The second kappa shape index (κ2) is 8.15. The number of carbonyl (C=O) groups excluding carboxylic acids is 2. The molecule has 1 saturated carbocycles. The van der Waals surface area contributed by atoms with Gasteiger partial charge >= 0.3 is 12.1 Å². The number of esters is 1. The zero-order valence-electron chi connectivity index (χ0n) is 17.1. The van der Waals surface area contributed by atoms with Crippen molar-refractivity contribution < 1.29 is 23.8 Å². The minimum atomic E-state index is -0.456. The number of rotatable bonds is 4. The molecule has 0 aromatic rings. The maximum atomic E-state index is 12.2. The van der Waals surface area contributed by atoms with E-state index in [4.69, 9.17) is 14.2 Å². The number of methoxy groups -OCH3 is 1. The van der Waals surface area contributed by atoms with Gasteiger partial charge in [0.05, 0.1) is 18.6 Å². The summed E-state index contributed by atoms with van der Waals surface area (Å²) in [6.07, 6.45) is 5.90. The number of ether oxygens (including phenoxy) is 3. The van der Waals surface area contributed by atoms with Crippen LogP contribution in [0.1, 0.15) is 72.6 Å². The molecule has 0 N–H and O–H groups in total. The summed E-state index contributed by atoms with van der Waals surface area (Å²) in [6, 6.07) is 0. The smallest absolute Gasteiger partial charge is 0.410 e. The van der Waals surface area contributed by atoms with Crippen LogP contribution in [0.25, 0.3) is 0 Å². The standard InChI is InChI=1S/C20H35NO5/c1-6-25-16(22)15-20(24-5)9-7-19(8-10-20)11-13-21(14-12-19)17(23)26-18(2,3)4/h6-15H2,1-5H3. The first kappa shape index (κ1) is 21.0. The fourth-order valence-electron chi connectivity index (χ4n) is 4.15. The van der Waals surface area contributed by atoms with Crippen LogP contribution in [0.4, 0.5) is 4.79 Å². The summed E-state index contributed by atoms with van der Waals surface area (Å²) in [7, 11) is 1.70. The predicted molar refractivity (Wildman–Crippen MR) is 98.9 cm³/mol. The van der Waals surface area contributed by atoms with Crippen molar-refractivity contribution in [3.05, 3.63) is 0 Å². The molecule has 0 radical (unpaired) electrons. The Balaban J connectivity index is 1.87. The highest BCUT2D eigenvalue weighted by Crippen LogP contribution is 2.49. The molecule has 2 rings (SSSR count). The molecule has 1 spiro atoms. The van der Waals surface area contributed by atoms with Gasteiger partial charge in [0.15, 0.2) is 0 Å². The highest BCUT2D eigenvalue weighted by Gasteiger charge is 2.46. The zero-order valence-corrected chi connectivity index (χ0v) is 17.1. The topological polar surface area (TPSA) is 65.1 Å². The Labute approximate surface area is 157 Å². The van der Waals surface area contributed by atoms with Crippen LogP contribution in [0, 0.1) is 5.41 Å². The van der Waals surface area contributed by atoms with Gasteiger partial charge in [-0.1, -0.05) is 0 Å². The van der Waals surface area contributed by atoms with Crippen LogP contribution in [0.3, 0.4) is 0 Å². The van der Waals surface area contributed by atoms with E-state index in [1.165, 1.54) is 0 Å². The highest BCUT2D eigenvalue weighted by molar-refractivity contribution is 5.70. The molecule has 2 fully saturated rings. The molecule has 1 amide bonds. The predicted octanol–water partition coefficient (Wildman–Crippen LogP) is 3.92. The zero-order chi connectivity index (χ0) is 19.4. The van der Waals surface area contributed by atoms with Crippen LogP contribution in [0.5, 0.6) is 0 Å². The second-order valence-electron chi connectivity index (χ2n) is 8.84. The van der Waals surface area contributed by atoms with E-state index in [-0.39, 0.29) is 23.1 Å². The Hall–Kier alpha value is -1.30. The third kappa shape index (κ3) is 5.35. The summed E-state index contributed by atoms with van der Waals surface area (Å²) in [5, 5.41) is 0. The first-order valence-electron chi connectivity index (χ1n) is 9.81. The average molecular weight is 370 g/mol. The molecule has 0 atom stereocenters. The van der Waals surface area contributed by atoms with Gasteiger partial charge in [-0.3, -0.25) is 4.79 Å². The molecule has 26 heavy (non-hydrogen) atoms. The Kier molecular flexibility index (Phi) is 6.59. The van der Waals surface area contributed by atoms with Crippen molar-refractivity contribution in [3.8, 4) is 0 Å². The maximum Gasteiger partial charge on any atom is 0.410 e. The molecule has 1 aliphatic carbocycles. The Morgan fingerprint density at radius 1 is 1.00 bits per heavy atom. The Morgan fingerprint density at radius 2 is 1.58 bits per heavy atom. The van der Waals surface area contributed by atoms with Crippen molar-refractivity contribution in [2.45, 2.75) is 83.8 Å². The molecule has 1 aliphatic heterocycles.